The minimum atomic E-state index is -1.11. The fourth-order valence-corrected chi connectivity index (χ4v) is 8.78. The maximum Gasteiger partial charge on any atom is 0.159 e. The van der Waals surface area contributed by atoms with Gasteiger partial charge in [-0.3, -0.25) is 4.79 Å². The van der Waals surface area contributed by atoms with Crippen molar-refractivity contribution in [3.63, 3.8) is 0 Å². The molecule has 198 valence electrons. The smallest absolute Gasteiger partial charge is 0.159 e. The summed E-state index contributed by atoms with van der Waals surface area (Å²) in [5.74, 6) is -0.241. The Morgan fingerprint density at radius 1 is 1.17 bits per heavy atom. The molecule has 0 bridgehead atoms. The van der Waals surface area contributed by atoms with E-state index < -0.39 is 34.7 Å². The van der Waals surface area contributed by atoms with Gasteiger partial charge in [-0.15, -0.1) is 0 Å². The highest BCUT2D eigenvalue weighted by molar-refractivity contribution is 5.95. The average molecular weight is 491 g/mol. The molecule has 6 nitrogen and oxygen atoms in total. The summed E-state index contributed by atoms with van der Waals surface area (Å²) in [5.41, 5.74) is -0.469. The summed E-state index contributed by atoms with van der Waals surface area (Å²) in [6.07, 6.45) is 4.35. The Hall–Kier alpha value is -1.05. The largest absolute Gasteiger partial charge is 0.393 e. The van der Waals surface area contributed by atoms with Gasteiger partial charge in [-0.2, -0.15) is 0 Å². The van der Waals surface area contributed by atoms with Crippen LogP contribution in [0.5, 0.6) is 0 Å². The zero-order chi connectivity index (χ0) is 25.9. The van der Waals surface area contributed by atoms with E-state index in [9.17, 15) is 30.3 Å². The molecule has 5 N–H and O–H groups in total. The van der Waals surface area contributed by atoms with Crippen molar-refractivity contribution in [2.75, 3.05) is 6.61 Å². The lowest BCUT2D eigenvalue weighted by Crippen LogP contribution is -2.61. The molecule has 4 aliphatic rings. The molecule has 6 heteroatoms. The lowest BCUT2D eigenvalue weighted by Gasteiger charge is -2.60. The SMILES string of the molecule is C=C(CO)[C@@H](CC)C[C@H](O)[C@@H](C)[C@H]1CC[C@@]2(O)C3=CC(=O)[C@@H]4C[C@@H](O)[C@@H](O)C[C@]4(C)[C@H]3CC[C@]12C. The van der Waals surface area contributed by atoms with Gasteiger partial charge in [0.1, 0.15) is 0 Å². The Kier molecular flexibility index (Phi) is 7.22. The molecular formula is C29H46O6. The quantitative estimate of drug-likeness (QED) is 0.350. The van der Waals surface area contributed by atoms with Gasteiger partial charge in [-0.1, -0.05) is 34.3 Å². The molecule has 0 unspecified atom stereocenters. The van der Waals surface area contributed by atoms with E-state index in [1.165, 1.54) is 0 Å². The van der Waals surface area contributed by atoms with Gasteiger partial charge in [0.25, 0.3) is 0 Å². The summed E-state index contributed by atoms with van der Waals surface area (Å²) in [4.78, 5) is 13.3. The monoisotopic (exact) mass is 490 g/mol. The highest BCUT2D eigenvalue weighted by Crippen LogP contribution is 2.68. The minimum Gasteiger partial charge on any atom is -0.393 e. The number of aliphatic hydroxyl groups is 5. The lowest BCUT2D eigenvalue weighted by atomic mass is 9.46. The van der Waals surface area contributed by atoms with E-state index in [1.807, 2.05) is 6.92 Å². The minimum absolute atomic E-state index is 0.00162. The van der Waals surface area contributed by atoms with Crippen molar-refractivity contribution in [3.05, 3.63) is 23.8 Å². The molecule has 3 fully saturated rings. The number of allylic oxidation sites excluding steroid dienone is 1. The number of fused-ring (bicyclic) bond motifs is 5. The second kappa shape index (κ2) is 9.36. The van der Waals surface area contributed by atoms with Crippen LogP contribution < -0.4 is 0 Å². The molecule has 0 saturated heterocycles. The standard InChI is InChI=1S/C29H46O6/c1-6-18(16(2)15-30)11-23(31)17(3)19-8-10-29(35)21-12-24(32)22-13-25(33)26(34)14-27(22,4)20(21)7-9-28(19,29)5/h12,17-20,22-23,25-26,30-31,33-35H,2,6-11,13-15H2,1,3-5H3/t17-,18-,19+,20-,22-,23-,25+,26-,27+,28+,29+/m0/s1. The van der Waals surface area contributed by atoms with Crippen LogP contribution in [0.3, 0.4) is 0 Å². The Bertz CT molecular complexity index is 882. The molecule has 0 heterocycles. The molecule has 4 aliphatic carbocycles. The first-order chi connectivity index (χ1) is 16.3. The van der Waals surface area contributed by atoms with Crippen LogP contribution in [0, 0.1) is 40.4 Å². The average Bonchev–Trinajstić information content (AvgIpc) is 3.09. The van der Waals surface area contributed by atoms with Gasteiger partial charge in [-0.05, 0) is 97.7 Å². The molecule has 0 aromatic rings. The Balaban J connectivity index is 1.61. The van der Waals surface area contributed by atoms with Crippen LogP contribution >= 0.6 is 0 Å². The number of carbonyl (C=O) groups excluding carboxylic acids is 1. The highest BCUT2D eigenvalue weighted by atomic mass is 16.3. The fraction of sp³-hybridized carbons (Fsp3) is 0.828. The first-order valence-electron chi connectivity index (χ1n) is 13.6. The maximum atomic E-state index is 13.3. The lowest BCUT2D eigenvalue weighted by molar-refractivity contribution is -0.154. The number of aliphatic hydroxyl groups excluding tert-OH is 4. The first kappa shape index (κ1) is 27.0. The van der Waals surface area contributed by atoms with Crippen LogP contribution in [0.15, 0.2) is 23.8 Å². The summed E-state index contributed by atoms with van der Waals surface area (Å²) >= 11 is 0. The van der Waals surface area contributed by atoms with Crippen molar-refractivity contribution in [2.45, 2.75) is 103 Å². The predicted octanol–water partition coefficient (Wildman–Crippen LogP) is 3.15. The van der Waals surface area contributed by atoms with E-state index in [1.54, 1.807) is 6.08 Å². The molecule has 0 amide bonds. The van der Waals surface area contributed by atoms with Gasteiger partial charge < -0.3 is 25.5 Å². The number of rotatable bonds is 7. The van der Waals surface area contributed by atoms with Crippen molar-refractivity contribution >= 4 is 5.78 Å². The van der Waals surface area contributed by atoms with E-state index in [0.717, 1.165) is 36.8 Å². The van der Waals surface area contributed by atoms with Crippen molar-refractivity contribution in [1.29, 1.82) is 0 Å². The number of hydrogen-bond acceptors (Lipinski definition) is 6. The van der Waals surface area contributed by atoms with Gasteiger partial charge in [0.05, 0.1) is 30.5 Å². The van der Waals surface area contributed by atoms with E-state index >= 15 is 0 Å². The molecule has 0 spiro atoms. The Labute approximate surface area is 210 Å². The topological polar surface area (TPSA) is 118 Å². The summed E-state index contributed by atoms with van der Waals surface area (Å²) in [6.45, 7) is 12.2. The van der Waals surface area contributed by atoms with Gasteiger partial charge in [-0.25, -0.2) is 0 Å². The van der Waals surface area contributed by atoms with Crippen LogP contribution in [0.2, 0.25) is 0 Å². The van der Waals surface area contributed by atoms with Gasteiger partial charge in [0, 0.05) is 11.3 Å². The molecular weight excluding hydrogens is 444 g/mol. The second-order valence-electron chi connectivity index (χ2n) is 12.7. The third-order valence-corrected chi connectivity index (χ3v) is 11.2. The first-order valence-corrected chi connectivity index (χ1v) is 13.6. The zero-order valence-electron chi connectivity index (χ0n) is 21.9. The molecule has 4 rings (SSSR count). The second-order valence-corrected chi connectivity index (χ2v) is 12.7. The Morgan fingerprint density at radius 2 is 1.86 bits per heavy atom. The number of hydrogen-bond donors (Lipinski definition) is 5. The molecule has 11 atom stereocenters. The summed E-state index contributed by atoms with van der Waals surface area (Å²) < 4.78 is 0. The van der Waals surface area contributed by atoms with E-state index in [2.05, 4.69) is 27.4 Å². The molecule has 0 aromatic carbocycles. The summed E-state index contributed by atoms with van der Waals surface area (Å²) in [6, 6.07) is 0. The number of ketones is 1. The van der Waals surface area contributed by atoms with Crippen molar-refractivity contribution in [1.82, 2.24) is 0 Å². The highest BCUT2D eigenvalue weighted by Gasteiger charge is 2.67. The molecule has 3 saturated carbocycles. The van der Waals surface area contributed by atoms with Gasteiger partial charge in [0.2, 0.25) is 0 Å². The van der Waals surface area contributed by atoms with Crippen molar-refractivity contribution in [3.8, 4) is 0 Å². The van der Waals surface area contributed by atoms with E-state index in [0.29, 0.717) is 19.3 Å². The molecule has 0 aromatic heterocycles. The van der Waals surface area contributed by atoms with Crippen LogP contribution in [-0.4, -0.2) is 61.8 Å². The zero-order valence-corrected chi connectivity index (χ0v) is 21.9. The van der Waals surface area contributed by atoms with Crippen molar-refractivity contribution in [2.24, 2.45) is 40.4 Å². The summed E-state index contributed by atoms with van der Waals surface area (Å²) in [7, 11) is 0. The molecule has 0 radical (unpaired) electrons. The van der Waals surface area contributed by atoms with Crippen LogP contribution in [-0.2, 0) is 4.79 Å². The van der Waals surface area contributed by atoms with Crippen LogP contribution in [0.25, 0.3) is 0 Å². The predicted molar refractivity (Wildman–Crippen MR) is 134 cm³/mol. The third-order valence-electron chi connectivity index (χ3n) is 11.2. The van der Waals surface area contributed by atoms with E-state index in [-0.39, 0.29) is 48.4 Å². The Morgan fingerprint density at radius 3 is 2.49 bits per heavy atom. The van der Waals surface area contributed by atoms with Gasteiger partial charge in [0.15, 0.2) is 5.78 Å². The maximum absolute atomic E-state index is 13.3. The van der Waals surface area contributed by atoms with E-state index in [4.69, 9.17) is 0 Å². The molecule has 35 heavy (non-hydrogen) atoms. The summed E-state index contributed by atoms with van der Waals surface area (Å²) in [5, 5.41) is 53.8. The van der Waals surface area contributed by atoms with Crippen LogP contribution in [0.4, 0.5) is 0 Å². The third kappa shape index (κ3) is 3.99. The molecule has 0 aliphatic heterocycles. The van der Waals surface area contributed by atoms with Crippen LogP contribution in [0.1, 0.15) is 79.1 Å². The number of carbonyl (C=O) groups is 1. The fourth-order valence-electron chi connectivity index (χ4n) is 8.78. The normalized spacial score (nSPS) is 45.6. The van der Waals surface area contributed by atoms with Crippen molar-refractivity contribution < 1.29 is 30.3 Å². The van der Waals surface area contributed by atoms with Gasteiger partial charge >= 0.3 is 0 Å².